The van der Waals surface area contributed by atoms with E-state index in [0.29, 0.717) is 0 Å². The summed E-state index contributed by atoms with van der Waals surface area (Å²) in [6, 6.07) is 9.88. The lowest BCUT2D eigenvalue weighted by Gasteiger charge is -2.17. The molecule has 0 radical (unpaired) electrons. The molecule has 2 amide bonds. The summed E-state index contributed by atoms with van der Waals surface area (Å²) in [4.78, 5) is 25.1. The molecule has 138 valence electrons. The fraction of sp³-hybridized carbons (Fsp3) is 0.176. The summed E-state index contributed by atoms with van der Waals surface area (Å²) < 4.78 is 53.6. The molecule has 0 atom stereocenters. The van der Waals surface area contributed by atoms with Gasteiger partial charge in [0.15, 0.2) is 0 Å². The first-order valence-corrected chi connectivity index (χ1v) is 7.31. The number of hydrogen-bond donors (Lipinski definition) is 1. The van der Waals surface area contributed by atoms with Crippen LogP contribution in [0.3, 0.4) is 0 Å². The van der Waals surface area contributed by atoms with E-state index in [1.165, 1.54) is 37.4 Å². The fourth-order valence-electron chi connectivity index (χ4n) is 2.07. The Morgan fingerprint density at radius 3 is 2.27 bits per heavy atom. The normalized spacial score (nSPS) is 11.0. The fourth-order valence-corrected chi connectivity index (χ4v) is 2.07. The van der Waals surface area contributed by atoms with Gasteiger partial charge >= 0.3 is 6.36 Å². The largest absolute Gasteiger partial charge is 0.573 e. The van der Waals surface area contributed by atoms with Gasteiger partial charge in [0, 0.05) is 12.7 Å². The first-order chi connectivity index (χ1) is 12.2. The number of likely N-dealkylation sites (N-methyl/N-ethyl adjacent to an activating group) is 1. The summed E-state index contributed by atoms with van der Waals surface area (Å²) in [5.74, 6) is -2.40. The van der Waals surface area contributed by atoms with Gasteiger partial charge in [-0.2, -0.15) is 0 Å². The molecule has 0 saturated heterocycles. The monoisotopic (exact) mass is 370 g/mol. The summed E-state index contributed by atoms with van der Waals surface area (Å²) in [6.45, 7) is -0.367. The number of alkyl halides is 3. The Kier molecular flexibility index (Phi) is 5.81. The van der Waals surface area contributed by atoms with Crippen LogP contribution in [0.2, 0.25) is 0 Å². The Morgan fingerprint density at radius 2 is 1.69 bits per heavy atom. The maximum atomic E-state index is 13.6. The summed E-state index contributed by atoms with van der Waals surface area (Å²) >= 11 is 0. The molecule has 2 aromatic rings. The van der Waals surface area contributed by atoms with E-state index in [4.69, 9.17) is 0 Å². The van der Waals surface area contributed by atoms with Gasteiger partial charge < -0.3 is 15.0 Å². The number of halogens is 4. The van der Waals surface area contributed by atoms with Crippen LogP contribution in [-0.4, -0.2) is 36.7 Å². The van der Waals surface area contributed by atoms with Crippen LogP contribution in [0.4, 0.5) is 23.2 Å². The second-order valence-corrected chi connectivity index (χ2v) is 5.26. The molecule has 9 heteroatoms. The zero-order valence-electron chi connectivity index (χ0n) is 13.5. The van der Waals surface area contributed by atoms with E-state index in [-0.39, 0.29) is 17.8 Å². The highest BCUT2D eigenvalue weighted by Crippen LogP contribution is 2.23. The molecule has 26 heavy (non-hydrogen) atoms. The molecule has 0 spiro atoms. The summed E-state index contributed by atoms with van der Waals surface area (Å²) in [5.41, 5.74) is 0.0488. The Bertz CT molecular complexity index is 791. The van der Waals surface area contributed by atoms with E-state index in [1.807, 2.05) is 0 Å². The van der Waals surface area contributed by atoms with Crippen molar-refractivity contribution in [1.82, 2.24) is 4.90 Å². The smallest absolute Gasteiger partial charge is 0.406 e. The zero-order valence-corrected chi connectivity index (χ0v) is 13.5. The van der Waals surface area contributed by atoms with Crippen LogP contribution in [0.15, 0.2) is 48.5 Å². The molecule has 0 unspecified atom stereocenters. The second kappa shape index (κ2) is 7.85. The lowest BCUT2D eigenvalue weighted by Crippen LogP contribution is -2.35. The van der Waals surface area contributed by atoms with Gasteiger partial charge in [-0.05, 0) is 36.4 Å². The number of benzene rings is 2. The Balaban J connectivity index is 1.94. The molecule has 2 aromatic carbocycles. The van der Waals surface area contributed by atoms with Crippen molar-refractivity contribution < 1.29 is 31.9 Å². The number of anilines is 1. The number of nitrogens with zero attached hydrogens (tertiary/aromatic N) is 1. The van der Waals surface area contributed by atoms with Crippen LogP contribution < -0.4 is 10.1 Å². The van der Waals surface area contributed by atoms with Gasteiger partial charge in [0.1, 0.15) is 11.6 Å². The third-order valence-electron chi connectivity index (χ3n) is 3.20. The molecule has 0 saturated carbocycles. The van der Waals surface area contributed by atoms with Crippen molar-refractivity contribution in [3.05, 3.63) is 59.9 Å². The SMILES string of the molecule is CN(CC(=O)Nc1ccc(OC(F)(F)F)cc1)C(=O)c1ccccc1F. The molecule has 0 fully saturated rings. The quantitative estimate of drug-likeness (QED) is 0.821. The van der Waals surface area contributed by atoms with Crippen molar-refractivity contribution in [2.45, 2.75) is 6.36 Å². The van der Waals surface area contributed by atoms with E-state index < -0.39 is 29.7 Å². The van der Waals surface area contributed by atoms with Crippen LogP contribution in [0.1, 0.15) is 10.4 Å². The third kappa shape index (κ3) is 5.47. The number of hydrogen-bond acceptors (Lipinski definition) is 3. The van der Waals surface area contributed by atoms with Gasteiger partial charge in [-0.15, -0.1) is 13.2 Å². The van der Waals surface area contributed by atoms with E-state index in [9.17, 15) is 27.2 Å². The lowest BCUT2D eigenvalue weighted by atomic mass is 10.2. The van der Waals surface area contributed by atoms with Crippen LogP contribution in [0.5, 0.6) is 5.75 Å². The van der Waals surface area contributed by atoms with Gasteiger partial charge in [-0.25, -0.2) is 4.39 Å². The Hall–Kier alpha value is -3.10. The molecule has 0 bridgehead atoms. The molecule has 0 aromatic heterocycles. The predicted octanol–water partition coefficient (Wildman–Crippen LogP) is 3.44. The molecule has 5 nitrogen and oxygen atoms in total. The van der Waals surface area contributed by atoms with Crippen molar-refractivity contribution in [2.75, 3.05) is 18.9 Å². The molecule has 1 N–H and O–H groups in total. The van der Waals surface area contributed by atoms with Crippen molar-refractivity contribution in [1.29, 1.82) is 0 Å². The molecular weight excluding hydrogens is 356 g/mol. The maximum Gasteiger partial charge on any atom is 0.573 e. The zero-order chi connectivity index (χ0) is 19.3. The van der Waals surface area contributed by atoms with Crippen molar-refractivity contribution >= 4 is 17.5 Å². The van der Waals surface area contributed by atoms with Gasteiger partial charge in [-0.1, -0.05) is 12.1 Å². The summed E-state index contributed by atoms with van der Waals surface area (Å²) in [5, 5.41) is 2.42. The van der Waals surface area contributed by atoms with Gasteiger partial charge in [0.2, 0.25) is 5.91 Å². The van der Waals surface area contributed by atoms with E-state index in [0.717, 1.165) is 23.1 Å². The van der Waals surface area contributed by atoms with Crippen LogP contribution in [0.25, 0.3) is 0 Å². The topological polar surface area (TPSA) is 58.6 Å². The summed E-state index contributed by atoms with van der Waals surface area (Å²) in [6.07, 6.45) is -4.81. The Morgan fingerprint density at radius 1 is 1.08 bits per heavy atom. The first kappa shape index (κ1) is 19.2. The average Bonchev–Trinajstić information content (AvgIpc) is 2.55. The number of amides is 2. The molecule has 0 aliphatic heterocycles. The van der Waals surface area contributed by atoms with Gasteiger partial charge in [0.25, 0.3) is 5.91 Å². The van der Waals surface area contributed by atoms with E-state index >= 15 is 0 Å². The molecule has 2 rings (SSSR count). The number of nitrogens with one attached hydrogen (secondary N) is 1. The summed E-state index contributed by atoms with van der Waals surface area (Å²) in [7, 11) is 1.33. The standard InChI is InChI=1S/C17H14F4N2O3/c1-23(16(25)13-4-2-3-5-14(13)18)10-15(24)22-11-6-8-12(9-7-11)26-17(19,20)21/h2-9H,10H2,1H3,(H,22,24). The van der Waals surface area contributed by atoms with Crippen LogP contribution in [0, 0.1) is 5.82 Å². The highest BCUT2D eigenvalue weighted by molar-refractivity contribution is 5.99. The maximum absolute atomic E-state index is 13.6. The van der Waals surface area contributed by atoms with Crippen molar-refractivity contribution in [3.63, 3.8) is 0 Å². The number of ether oxygens (including phenoxy) is 1. The minimum Gasteiger partial charge on any atom is -0.406 e. The van der Waals surface area contributed by atoms with E-state index in [1.54, 1.807) is 0 Å². The minimum absolute atomic E-state index is 0.170. The molecular formula is C17H14F4N2O3. The van der Waals surface area contributed by atoms with E-state index in [2.05, 4.69) is 10.1 Å². The highest BCUT2D eigenvalue weighted by Gasteiger charge is 2.31. The lowest BCUT2D eigenvalue weighted by molar-refractivity contribution is -0.274. The molecule has 0 heterocycles. The second-order valence-electron chi connectivity index (χ2n) is 5.26. The number of carbonyl (C=O) groups excluding carboxylic acids is 2. The van der Waals surface area contributed by atoms with Crippen LogP contribution in [-0.2, 0) is 4.79 Å². The van der Waals surface area contributed by atoms with Crippen molar-refractivity contribution in [2.24, 2.45) is 0 Å². The van der Waals surface area contributed by atoms with Gasteiger partial charge in [-0.3, -0.25) is 9.59 Å². The molecule has 0 aliphatic rings. The molecule has 0 aliphatic carbocycles. The minimum atomic E-state index is -4.81. The van der Waals surface area contributed by atoms with Crippen molar-refractivity contribution in [3.8, 4) is 5.75 Å². The average molecular weight is 370 g/mol. The van der Waals surface area contributed by atoms with Crippen LogP contribution >= 0.6 is 0 Å². The Labute approximate surface area is 146 Å². The predicted molar refractivity (Wildman–Crippen MR) is 85.1 cm³/mol. The number of carbonyl (C=O) groups is 2. The van der Waals surface area contributed by atoms with Gasteiger partial charge in [0.05, 0.1) is 12.1 Å². The first-order valence-electron chi connectivity index (χ1n) is 7.31. The highest BCUT2D eigenvalue weighted by atomic mass is 19.4. The third-order valence-corrected chi connectivity index (χ3v) is 3.20. The number of rotatable bonds is 5.